The number of nitrogens with zero attached hydrogens (tertiary/aromatic N) is 2. The van der Waals surface area contributed by atoms with E-state index in [1.165, 1.54) is 0 Å². The minimum atomic E-state index is 0.437. The molecule has 2 aromatic rings. The smallest absolute Gasteiger partial charge is 0.158 e. The SMILES string of the molecule is CNc1nc(COCCCOC)nc2sccc12. The molecule has 0 bridgehead atoms. The molecule has 0 saturated carbocycles. The Morgan fingerprint density at radius 1 is 1.33 bits per heavy atom. The third-order valence-corrected chi connectivity index (χ3v) is 3.28. The van der Waals surface area contributed by atoms with Gasteiger partial charge in [-0.15, -0.1) is 11.3 Å². The van der Waals surface area contributed by atoms with Gasteiger partial charge in [0.05, 0.1) is 5.39 Å². The van der Waals surface area contributed by atoms with Crippen LogP contribution in [0.1, 0.15) is 12.2 Å². The molecule has 2 rings (SSSR count). The van der Waals surface area contributed by atoms with Crippen LogP contribution in [0.4, 0.5) is 5.82 Å². The Bertz CT molecular complexity index is 501. The van der Waals surface area contributed by atoms with E-state index in [2.05, 4.69) is 15.3 Å². The molecule has 0 unspecified atom stereocenters. The second kappa shape index (κ2) is 6.63. The van der Waals surface area contributed by atoms with Gasteiger partial charge in [-0.25, -0.2) is 9.97 Å². The number of rotatable bonds is 7. The van der Waals surface area contributed by atoms with Crippen molar-refractivity contribution >= 4 is 27.4 Å². The summed E-state index contributed by atoms with van der Waals surface area (Å²) in [6.45, 7) is 1.81. The molecule has 0 spiro atoms. The van der Waals surface area contributed by atoms with Crippen molar-refractivity contribution in [3.05, 3.63) is 17.3 Å². The zero-order chi connectivity index (χ0) is 12.8. The van der Waals surface area contributed by atoms with Gasteiger partial charge in [-0.3, -0.25) is 0 Å². The molecule has 2 heterocycles. The first-order valence-corrected chi connectivity index (χ1v) is 6.71. The zero-order valence-corrected chi connectivity index (χ0v) is 11.4. The van der Waals surface area contributed by atoms with Gasteiger partial charge in [-0.05, 0) is 17.9 Å². The van der Waals surface area contributed by atoms with Crippen LogP contribution in [0.25, 0.3) is 10.2 Å². The molecule has 0 atom stereocenters. The molecule has 0 aliphatic carbocycles. The molecule has 0 saturated heterocycles. The Balaban J connectivity index is 2.00. The highest BCUT2D eigenvalue weighted by Crippen LogP contribution is 2.24. The van der Waals surface area contributed by atoms with E-state index in [-0.39, 0.29) is 0 Å². The molecule has 0 fully saturated rings. The number of nitrogens with one attached hydrogen (secondary N) is 1. The molecule has 2 aromatic heterocycles. The number of hydrogen-bond acceptors (Lipinski definition) is 6. The molecule has 0 aliphatic rings. The Hall–Kier alpha value is -1.24. The molecule has 0 amide bonds. The molecule has 5 nitrogen and oxygen atoms in total. The number of fused-ring (bicyclic) bond motifs is 1. The summed E-state index contributed by atoms with van der Waals surface area (Å²) in [5, 5.41) is 6.17. The van der Waals surface area contributed by atoms with Crippen molar-refractivity contribution < 1.29 is 9.47 Å². The summed E-state index contributed by atoms with van der Waals surface area (Å²) in [6, 6.07) is 2.02. The van der Waals surface area contributed by atoms with Gasteiger partial charge in [-0.2, -0.15) is 0 Å². The fourth-order valence-electron chi connectivity index (χ4n) is 1.62. The second-order valence-corrected chi connectivity index (χ2v) is 4.67. The second-order valence-electron chi connectivity index (χ2n) is 3.78. The minimum absolute atomic E-state index is 0.437. The van der Waals surface area contributed by atoms with E-state index >= 15 is 0 Å². The van der Waals surface area contributed by atoms with Gasteiger partial charge in [0.25, 0.3) is 0 Å². The van der Waals surface area contributed by atoms with Crippen LogP contribution in [0.15, 0.2) is 11.4 Å². The minimum Gasteiger partial charge on any atom is -0.385 e. The Morgan fingerprint density at radius 3 is 3.00 bits per heavy atom. The maximum Gasteiger partial charge on any atom is 0.158 e. The standard InChI is InChI=1S/C12H17N3O2S/c1-13-11-9-4-7-18-12(9)15-10(14-11)8-17-6-3-5-16-2/h4,7H,3,5-6,8H2,1-2H3,(H,13,14,15). The van der Waals surface area contributed by atoms with Crippen LogP contribution < -0.4 is 5.32 Å². The van der Waals surface area contributed by atoms with Crippen LogP contribution in [0, 0.1) is 0 Å². The van der Waals surface area contributed by atoms with E-state index in [4.69, 9.17) is 9.47 Å². The van der Waals surface area contributed by atoms with E-state index in [9.17, 15) is 0 Å². The monoisotopic (exact) mass is 267 g/mol. The molecule has 0 radical (unpaired) electrons. The zero-order valence-electron chi connectivity index (χ0n) is 10.6. The van der Waals surface area contributed by atoms with Crippen molar-refractivity contribution in [2.45, 2.75) is 13.0 Å². The summed E-state index contributed by atoms with van der Waals surface area (Å²) in [5.41, 5.74) is 0. The van der Waals surface area contributed by atoms with Gasteiger partial charge in [0.15, 0.2) is 5.82 Å². The summed E-state index contributed by atoms with van der Waals surface area (Å²) in [5.74, 6) is 1.57. The van der Waals surface area contributed by atoms with Crippen LogP contribution in [0.3, 0.4) is 0 Å². The topological polar surface area (TPSA) is 56.3 Å². The highest BCUT2D eigenvalue weighted by atomic mass is 32.1. The quantitative estimate of drug-likeness (QED) is 0.780. The Labute approximate surface area is 110 Å². The third kappa shape index (κ3) is 3.16. The van der Waals surface area contributed by atoms with E-state index in [0.717, 1.165) is 22.5 Å². The largest absolute Gasteiger partial charge is 0.385 e. The van der Waals surface area contributed by atoms with Crippen LogP contribution >= 0.6 is 11.3 Å². The Kier molecular flexibility index (Phi) is 4.86. The molecule has 98 valence electrons. The average molecular weight is 267 g/mol. The lowest BCUT2D eigenvalue weighted by atomic mass is 10.4. The predicted octanol–water partition coefficient (Wildman–Crippen LogP) is 2.29. The lowest BCUT2D eigenvalue weighted by molar-refractivity contribution is 0.0893. The third-order valence-electron chi connectivity index (χ3n) is 2.48. The fourth-order valence-corrected chi connectivity index (χ4v) is 2.41. The summed E-state index contributed by atoms with van der Waals surface area (Å²) >= 11 is 1.61. The van der Waals surface area contributed by atoms with Crippen LogP contribution in [0.5, 0.6) is 0 Å². The van der Waals surface area contributed by atoms with E-state index < -0.39 is 0 Å². The molecule has 1 N–H and O–H groups in total. The van der Waals surface area contributed by atoms with Gasteiger partial charge in [0.1, 0.15) is 17.3 Å². The normalized spacial score (nSPS) is 11.0. The van der Waals surface area contributed by atoms with Crippen LogP contribution in [-0.4, -0.2) is 37.3 Å². The molecule has 0 aromatic carbocycles. The first-order chi connectivity index (χ1) is 8.85. The molecule has 6 heteroatoms. The number of ether oxygens (including phenoxy) is 2. The highest BCUT2D eigenvalue weighted by molar-refractivity contribution is 7.16. The van der Waals surface area contributed by atoms with Gasteiger partial charge in [0, 0.05) is 27.4 Å². The van der Waals surface area contributed by atoms with Crippen molar-refractivity contribution in [1.82, 2.24) is 9.97 Å². The fraction of sp³-hybridized carbons (Fsp3) is 0.500. The van der Waals surface area contributed by atoms with Gasteiger partial charge in [-0.1, -0.05) is 0 Å². The van der Waals surface area contributed by atoms with E-state index in [1.54, 1.807) is 18.4 Å². The van der Waals surface area contributed by atoms with Crippen molar-refractivity contribution in [1.29, 1.82) is 0 Å². The number of methoxy groups -OCH3 is 1. The average Bonchev–Trinajstić information content (AvgIpc) is 2.85. The maximum atomic E-state index is 5.52. The number of hydrogen-bond donors (Lipinski definition) is 1. The van der Waals surface area contributed by atoms with Crippen molar-refractivity contribution in [3.63, 3.8) is 0 Å². The van der Waals surface area contributed by atoms with Crippen molar-refractivity contribution in [2.75, 3.05) is 32.7 Å². The summed E-state index contributed by atoms with van der Waals surface area (Å²) in [6.07, 6.45) is 0.886. The molecular weight excluding hydrogens is 250 g/mol. The summed E-state index contributed by atoms with van der Waals surface area (Å²) in [7, 11) is 3.55. The number of thiophene rings is 1. The lowest BCUT2D eigenvalue weighted by Gasteiger charge is -2.06. The number of anilines is 1. The number of aromatic nitrogens is 2. The first kappa shape index (κ1) is 13.2. The molecule has 0 aliphatic heterocycles. The van der Waals surface area contributed by atoms with Crippen molar-refractivity contribution in [2.24, 2.45) is 0 Å². The summed E-state index contributed by atoms with van der Waals surface area (Å²) < 4.78 is 10.5. The molecule has 18 heavy (non-hydrogen) atoms. The maximum absolute atomic E-state index is 5.52. The van der Waals surface area contributed by atoms with Gasteiger partial charge >= 0.3 is 0 Å². The van der Waals surface area contributed by atoms with Gasteiger partial charge in [0.2, 0.25) is 0 Å². The summed E-state index contributed by atoms with van der Waals surface area (Å²) in [4.78, 5) is 9.90. The molecular formula is C12H17N3O2S. The van der Waals surface area contributed by atoms with Gasteiger partial charge < -0.3 is 14.8 Å². The van der Waals surface area contributed by atoms with Crippen molar-refractivity contribution in [3.8, 4) is 0 Å². The van der Waals surface area contributed by atoms with Crippen LogP contribution in [-0.2, 0) is 16.1 Å². The first-order valence-electron chi connectivity index (χ1n) is 5.83. The predicted molar refractivity (Wildman–Crippen MR) is 73.1 cm³/mol. The highest BCUT2D eigenvalue weighted by Gasteiger charge is 2.07. The van der Waals surface area contributed by atoms with Crippen LogP contribution in [0.2, 0.25) is 0 Å². The van der Waals surface area contributed by atoms with E-state index in [1.807, 2.05) is 18.5 Å². The van der Waals surface area contributed by atoms with E-state index in [0.29, 0.717) is 25.6 Å². The lowest BCUT2D eigenvalue weighted by Crippen LogP contribution is -2.04. The Morgan fingerprint density at radius 2 is 2.22 bits per heavy atom.